The van der Waals surface area contributed by atoms with Crippen molar-refractivity contribution in [3.63, 3.8) is 0 Å². The van der Waals surface area contributed by atoms with Crippen molar-refractivity contribution in [1.29, 1.82) is 0 Å². The molecule has 0 radical (unpaired) electrons. The predicted octanol–water partition coefficient (Wildman–Crippen LogP) is 1.83. The second-order valence-electron chi connectivity index (χ2n) is 6.43. The quantitative estimate of drug-likeness (QED) is 0.896. The fraction of sp³-hybridized carbons (Fsp3) is 0.600. The molecule has 0 atom stereocenters. The number of aromatic nitrogens is 1. The summed E-state index contributed by atoms with van der Waals surface area (Å²) in [7, 11) is 1.63. The molecule has 20 heavy (non-hydrogen) atoms. The highest BCUT2D eigenvalue weighted by molar-refractivity contribution is 5.98. The van der Waals surface area contributed by atoms with Crippen LogP contribution in [0.2, 0.25) is 0 Å². The summed E-state index contributed by atoms with van der Waals surface area (Å²) in [5, 5.41) is 2.67. The molecule has 5 heteroatoms. The van der Waals surface area contributed by atoms with Gasteiger partial charge in [-0.25, -0.2) is 4.98 Å². The van der Waals surface area contributed by atoms with Gasteiger partial charge in [-0.15, -0.1) is 0 Å². The van der Waals surface area contributed by atoms with E-state index < -0.39 is 0 Å². The molecule has 110 valence electrons. The van der Waals surface area contributed by atoms with Crippen LogP contribution in [0.4, 0.5) is 5.82 Å². The number of hydrogen-bond donors (Lipinski definition) is 1. The van der Waals surface area contributed by atoms with Gasteiger partial charge in [0, 0.05) is 26.3 Å². The van der Waals surface area contributed by atoms with E-state index in [2.05, 4.69) is 42.9 Å². The summed E-state index contributed by atoms with van der Waals surface area (Å²) >= 11 is 0. The third-order valence-electron chi connectivity index (χ3n) is 3.25. The van der Waals surface area contributed by atoms with Crippen LogP contribution in [0.1, 0.15) is 38.1 Å². The molecule has 1 N–H and O–H groups in total. The van der Waals surface area contributed by atoms with Gasteiger partial charge in [0.05, 0.1) is 16.8 Å². The molecular weight excluding hydrogens is 254 g/mol. The van der Waals surface area contributed by atoms with E-state index in [1.54, 1.807) is 25.4 Å². The molecule has 0 saturated carbocycles. The van der Waals surface area contributed by atoms with Gasteiger partial charge < -0.3 is 15.0 Å². The van der Waals surface area contributed by atoms with Crippen LogP contribution in [-0.4, -0.2) is 42.2 Å². The Kier molecular flexibility index (Phi) is 3.73. The molecule has 2 heterocycles. The predicted molar refractivity (Wildman–Crippen MR) is 79.1 cm³/mol. The first kappa shape index (κ1) is 14.8. The normalized spacial score (nSPS) is 20.6. The molecule has 1 saturated heterocycles. The second kappa shape index (κ2) is 5.05. The zero-order valence-electron chi connectivity index (χ0n) is 12.9. The summed E-state index contributed by atoms with van der Waals surface area (Å²) in [5.41, 5.74) is 0.0434. The van der Waals surface area contributed by atoms with Gasteiger partial charge in [0.1, 0.15) is 5.82 Å². The van der Waals surface area contributed by atoms with E-state index in [-0.39, 0.29) is 17.1 Å². The lowest BCUT2D eigenvalue weighted by molar-refractivity contribution is -0.133. The molecule has 2 rings (SSSR count). The van der Waals surface area contributed by atoms with Crippen molar-refractivity contribution in [2.45, 2.75) is 38.9 Å². The van der Waals surface area contributed by atoms with E-state index in [0.29, 0.717) is 18.7 Å². The van der Waals surface area contributed by atoms with Crippen LogP contribution in [-0.2, 0) is 4.74 Å². The Morgan fingerprint density at radius 3 is 2.45 bits per heavy atom. The highest BCUT2D eigenvalue weighted by atomic mass is 16.5. The van der Waals surface area contributed by atoms with Crippen LogP contribution >= 0.6 is 0 Å². The van der Waals surface area contributed by atoms with Gasteiger partial charge in [-0.05, 0) is 39.8 Å². The highest BCUT2D eigenvalue weighted by Crippen LogP contribution is 2.31. The lowest BCUT2D eigenvalue weighted by Gasteiger charge is -2.47. The third kappa shape index (κ3) is 3.10. The SMILES string of the molecule is CNC(=O)c1cccnc1N1CC(C)(C)OC(C)(C)C1. The summed E-state index contributed by atoms with van der Waals surface area (Å²) in [6.45, 7) is 9.65. The monoisotopic (exact) mass is 277 g/mol. The van der Waals surface area contributed by atoms with Crippen LogP contribution in [0.3, 0.4) is 0 Å². The second-order valence-corrected chi connectivity index (χ2v) is 6.43. The van der Waals surface area contributed by atoms with E-state index in [0.717, 1.165) is 5.82 Å². The Morgan fingerprint density at radius 2 is 1.90 bits per heavy atom. The maximum Gasteiger partial charge on any atom is 0.254 e. The number of pyridine rings is 1. The lowest BCUT2D eigenvalue weighted by atomic mass is 9.98. The zero-order chi connectivity index (χ0) is 15.0. The standard InChI is InChI=1S/C15H23N3O2/c1-14(2)9-18(10-15(3,4)20-14)12-11(13(19)16-5)7-6-8-17-12/h6-8H,9-10H2,1-5H3,(H,16,19). The van der Waals surface area contributed by atoms with Crippen molar-refractivity contribution in [2.75, 3.05) is 25.0 Å². The Morgan fingerprint density at radius 1 is 1.30 bits per heavy atom. The summed E-state index contributed by atoms with van der Waals surface area (Å²) in [6.07, 6.45) is 1.72. The van der Waals surface area contributed by atoms with Crippen molar-refractivity contribution in [3.05, 3.63) is 23.9 Å². The first-order chi connectivity index (χ1) is 9.24. The number of nitrogens with one attached hydrogen (secondary N) is 1. The Balaban J connectivity index is 2.38. The molecule has 1 aromatic heterocycles. The minimum atomic E-state index is -0.279. The van der Waals surface area contributed by atoms with Crippen molar-refractivity contribution >= 4 is 11.7 Å². The minimum Gasteiger partial charge on any atom is -0.366 e. The average molecular weight is 277 g/mol. The number of morpholine rings is 1. The summed E-state index contributed by atoms with van der Waals surface area (Å²) in [4.78, 5) is 18.5. The first-order valence-electron chi connectivity index (χ1n) is 6.86. The minimum absolute atomic E-state index is 0.116. The summed E-state index contributed by atoms with van der Waals surface area (Å²) in [6, 6.07) is 3.58. The van der Waals surface area contributed by atoms with Gasteiger partial charge in [0.25, 0.3) is 5.91 Å². The molecular formula is C15H23N3O2. The van der Waals surface area contributed by atoms with E-state index in [4.69, 9.17) is 4.74 Å². The van der Waals surface area contributed by atoms with Crippen molar-refractivity contribution in [3.8, 4) is 0 Å². The van der Waals surface area contributed by atoms with Gasteiger partial charge in [0.2, 0.25) is 0 Å². The number of amides is 1. The molecule has 1 amide bonds. The average Bonchev–Trinajstić information content (AvgIpc) is 2.34. The summed E-state index contributed by atoms with van der Waals surface area (Å²) < 4.78 is 6.07. The zero-order valence-corrected chi connectivity index (χ0v) is 12.9. The Hall–Kier alpha value is -1.62. The number of carbonyl (C=O) groups is 1. The topological polar surface area (TPSA) is 54.5 Å². The first-order valence-corrected chi connectivity index (χ1v) is 6.86. The molecule has 0 spiro atoms. The van der Waals surface area contributed by atoms with Gasteiger partial charge in [-0.3, -0.25) is 4.79 Å². The van der Waals surface area contributed by atoms with E-state index in [1.165, 1.54) is 0 Å². The van der Waals surface area contributed by atoms with Crippen LogP contribution in [0.25, 0.3) is 0 Å². The van der Waals surface area contributed by atoms with E-state index >= 15 is 0 Å². The van der Waals surface area contributed by atoms with Gasteiger partial charge in [-0.2, -0.15) is 0 Å². The number of nitrogens with zero attached hydrogens (tertiary/aromatic N) is 2. The molecule has 0 aromatic carbocycles. The van der Waals surface area contributed by atoms with Crippen LogP contribution in [0.15, 0.2) is 18.3 Å². The maximum atomic E-state index is 12.0. The van der Waals surface area contributed by atoms with Gasteiger partial charge in [0.15, 0.2) is 0 Å². The van der Waals surface area contributed by atoms with Crippen LogP contribution < -0.4 is 10.2 Å². The van der Waals surface area contributed by atoms with Crippen molar-refractivity contribution in [2.24, 2.45) is 0 Å². The molecule has 1 aliphatic rings. The number of carbonyl (C=O) groups excluding carboxylic acids is 1. The molecule has 5 nitrogen and oxygen atoms in total. The summed E-state index contributed by atoms with van der Waals surface area (Å²) in [5.74, 6) is 0.603. The Labute approximate surface area is 120 Å². The number of rotatable bonds is 2. The van der Waals surface area contributed by atoms with Gasteiger partial charge in [-0.1, -0.05) is 0 Å². The molecule has 0 unspecified atom stereocenters. The largest absolute Gasteiger partial charge is 0.366 e. The van der Waals surface area contributed by atoms with Crippen LogP contribution in [0, 0.1) is 0 Å². The fourth-order valence-electron chi connectivity index (χ4n) is 2.90. The van der Waals surface area contributed by atoms with Crippen LogP contribution in [0.5, 0.6) is 0 Å². The molecule has 1 aromatic rings. The lowest BCUT2D eigenvalue weighted by Crippen LogP contribution is -2.57. The smallest absolute Gasteiger partial charge is 0.254 e. The number of ether oxygens (including phenoxy) is 1. The fourth-order valence-corrected chi connectivity index (χ4v) is 2.90. The number of anilines is 1. The highest BCUT2D eigenvalue weighted by Gasteiger charge is 2.39. The molecule has 0 aliphatic carbocycles. The van der Waals surface area contributed by atoms with Crippen molar-refractivity contribution < 1.29 is 9.53 Å². The Bertz CT molecular complexity index is 496. The van der Waals surface area contributed by atoms with Gasteiger partial charge >= 0.3 is 0 Å². The maximum absolute atomic E-state index is 12.0. The van der Waals surface area contributed by atoms with Crippen molar-refractivity contribution in [1.82, 2.24) is 10.3 Å². The molecule has 1 aliphatic heterocycles. The molecule has 0 bridgehead atoms. The van der Waals surface area contributed by atoms with E-state index in [1.807, 2.05) is 0 Å². The number of hydrogen-bond acceptors (Lipinski definition) is 4. The van der Waals surface area contributed by atoms with E-state index in [9.17, 15) is 4.79 Å². The third-order valence-corrected chi connectivity index (χ3v) is 3.25. The molecule has 1 fully saturated rings.